The van der Waals surface area contributed by atoms with Crippen molar-refractivity contribution < 1.29 is 4.79 Å². The first-order valence-electron chi connectivity index (χ1n) is 9.09. The van der Waals surface area contributed by atoms with Crippen LogP contribution in [0.25, 0.3) is 0 Å². The number of rotatable bonds is 7. The lowest BCUT2D eigenvalue weighted by atomic mass is 9.82. The second kappa shape index (κ2) is 7.13. The summed E-state index contributed by atoms with van der Waals surface area (Å²) in [5.74, 6) is 0.845. The van der Waals surface area contributed by atoms with Crippen LogP contribution in [0.3, 0.4) is 0 Å². The molecule has 0 aromatic rings. The number of amides is 1. The van der Waals surface area contributed by atoms with Crippen LogP contribution in [0, 0.1) is 11.3 Å². The summed E-state index contributed by atoms with van der Waals surface area (Å²) >= 11 is 0. The number of unbranched alkanes of at least 4 members (excludes halogenated alkanes) is 1. The monoisotopic (exact) mass is 294 g/mol. The van der Waals surface area contributed by atoms with Crippen LogP contribution in [-0.2, 0) is 4.79 Å². The van der Waals surface area contributed by atoms with E-state index in [1.807, 2.05) is 0 Å². The number of nitrogens with one attached hydrogen (secondary N) is 1. The van der Waals surface area contributed by atoms with Gasteiger partial charge in [0.1, 0.15) is 0 Å². The molecule has 2 aliphatic rings. The first kappa shape index (κ1) is 16.8. The quantitative estimate of drug-likeness (QED) is 0.771. The smallest absolute Gasteiger partial charge is 0.241 e. The molecule has 1 N–H and O–H groups in total. The molecule has 122 valence electrons. The van der Waals surface area contributed by atoms with Crippen LogP contribution in [0.15, 0.2) is 0 Å². The maximum absolute atomic E-state index is 12.8. The third-order valence-electron chi connectivity index (χ3n) is 5.69. The van der Waals surface area contributed by atoms with E-state index in [0.29, 0.717) is 17.2 Å². The van der Waals surface area contributed by atoms with Crippen molar-refractivity contribution in [1.29, 1.82) is 0 Å². The summed E-state index contributed by atoms with van der Waals surface area (Å²) < 4.78 is 0. The maximum Gasteiger partial charge on any atom is 0.241 e. The van der Waals surface area contributed by atoms with Gasteiger partial charge in [-0.1, -0.05) is 53.4 Å². The highest BCUT2D eigenvalue weighted by Crippen LogP contribution is 2.42. The predicted octanol–water partition coefficient (Wildman–Crippen LogP) is 3.93. The van der Waals surface area contributed by atoms with E-state index in [4.69, 9.17) is 0 Å². The van der Waals surface area contributed by atoms with Gasteiger partial charge < -0.3 is 4.90 Å². The normalized spacial score (nSPS) is 28.8. The van der Waals surface area contributed by atoms with Crippen LogP contribution >= 0.6 is 0 Å². The van der Waals surface area contributed by atoms with Gasteiger partial charge in [-0.05, 0) is 37.0 Å². The Balaban J connectivity index is 2.08. The average molecular weight is 294 g/mol. The molecule has 1 saturated carbocycles. The summed E-state index contributed by atoms with van der Waals surface area (Å²) in [6.07, 6.45) is 10.0. The molecular weight excluding hydrogens is 260 g/mol. The largest absolute Gasteiger partial charge is 0.325 e. The number of nitrogens with zero attached hydrogens (tertiary/aromatic N) is 1. The average Bonchev–Trinajstić information content (AvgIpc) is 3.05. The summed E-state index contributed by atoms with van der Waals surface area (Å²) in [7, 11) is 0. The first-order chi connectivity index (χ1) is 10.0. The molecule has 0 bridgehead atoms. The van der Waals surface area contributed by atoms with Crippen LogP contribution in [0.1, 0.15) is 79.1 Å². The Morgan fingerprint density at radius 2 is 1.95 bits per heavy atom. The van der Waals surface area contributed by atoms with Crippen molar-refractivity contribution in [2.24, 2.45) is 11.3 Å². The Morgan fingerprint density at radius 3 is 2.48 bits per heavy atom. The van der Waals surface area contributed by atoms with E-state index in [2.05, 4.69) is 37.9 Å². The number of hydrogen-bond donors (Lipinski definition) is 1. The standard InChI is InChI=1S/C18H34N2O/c1-5-7-10-15-17(21)20(16(19-15)14(3)4)13-18(6-2)11-8-9-12-18/h14-16,19H,5-13H2,1-4H3. The molecular formula is C18H34N2O. The van der Waals surface area contributed by atoms with Crippen molar-refractivity contribution in [3.05, 3.63) is 0 Å². The molecule has 2 atom stereocenters. The molecule has 0 aromatic heterocycles. The molecule has 0 spiro atoms. The van der Waals surface area contributed by atoms with Gasteiger partial charge >= 0.3 is 0 Å². The van der Waals surface area contributed by atoms with E-state index < -0.39 is 0 Å². The van der Waals surface area contributed by atoms with Gasteiger partial charge in [0.2, 0.25) is 5.91 Å². The predicted molar refractivity (Wildman–Crippen MR) is 88.0 cm³/mol. The number of carbonyl (C=O) groups is 1. The summed E-state index contributed by atoms with van der Waals surface area (Å²) in [6.45, 7) is 9.93. The van der Waals surface area contributed by atoms with Crippen molar-refractivity contribution in [3.63, 3.8) is 0 Å². The molecule has 21 heavy (non-hydrogen) atoms. The van der Waals surface area contributed by atoms with Gasteiger partial charge in [-0.2, -0.15) is 0 Å². The Morgan fingerprint density at radius 1 is 1.29 bits per heavy atom. The molecule has 2 unspecified atom stereocenters. The Hall–Kier alpha value is -0.570. The molecule has 2 rings (SSSR count). The lowest BCUT2D eigenvalue weighted by Gasteiger charge is -2.36. The van der Waals surface area contributed by atoms with E-state index in [1.54, 1.807) is 0 Å². The zero-order chi connectivity index (χ0) is 15.5. The van der Waals surface area contributed by atoms with Crippen molar-refractivity contribution in [1.82, 2.24) is 10.2 Å². The fraction of sp³-hybridized carbons (Fsp3) is 0.944. The van der Waals surface area contributed by atoms with Crippen LogP contribution in [0.4, 0.5) is 0 Å². The van der Waals surface area contributed by atoms with Gasteiger partial charge in [-0.25, -0.2) is 0 Å². The Labute approximate surface area is 130 Å². The topological polar surface area (TPSA) is 32.3 Å². The molecule has 3 heteroatoms. The molecule has 3 nitrogen and oxygen atoms in total. The second-order valence-electron chi connectivity index (χ2n) is 7.58. The summed E-state index contributed by atoms with van der Waals surface area (Å²) in [6, 6.07) is 0.0626. The lowest BCUT2D eigenvalue weighted by Crippen LogP contribution is -2.46. The highest BCUT2D eigenvalue weighted by molar-refractivity contribution is 5.84. The zero-order valence-corrected chi connectivity index (χ0v) is 14.5. The highest BCUT2D eigenvalue weighted by Gasteiger charge is 2.44. The summed E-state index contributed by atoms with van der Waals surface area (Å²) in [4.78, 5) is 15.0. The number of carbonyl (C=O) groups excluding carboxylic acids is 1. The minimum atomic E-state index is 0.0626. The third kappa shape index (κ3) is 3.61. The third-order valence-corrected chi connectivity index (χ3v) is 5.69. The van der Waals surface area contributed by atoms with Crippen LogP contribution in [0.5, 0.6) is 0 Å². The SMILES string of the molecule is CCCCC1NC(C(C)C)N(CC2(CC)CCCC2)C1=O. The maximum atomic E-state index is 12.8. The first-order valence-corrected chi connectivity index (χ1v) is 9.09. The van der Waals surface area contributed by atoms with Gasteiger partial charge in [-0.15, -0.1) is 0 Å². The molecule has 0 radical (unpaired) electrons. The highest BCUT2D eigenvalue weighted by atomic mass is 16.2. The van der Waals surface area contributed by atoms with Gasteiger partial charge in [-0.3, -0.25) is 10.1 Å². The summed E-state index contributed by atoms with van der Waals surface area (Å²) in [5.41, 5.74) is 0.393. The molecule has 1 aliphatic carbocycles. The van der Waals surface area contributed by atoms with Crippen molar-refractivity contribution in [2.45, 2.75) is 91.3 Å². The molecule has 1 saturated heterocycles. The van der Waals surface area contributed by atoms with E-state index >= 15 is 0 Å². The summed E-state index contributed by atoms with van der Waals surface area (Å²) in [5, 5.41) is 3.62. The Kier molecular flexibility index (Phi) is 5.70. The molecule has 1 aliphatic heterocycles. The van der Waals surface area contributed by atoms with Crippen molar-refractivity contribution in [2.75, 3.05) is 6.54 Å². The van der Waals surface area contributed by atoms with E-state index in [9.17, 15) is 4.79 Å². The molecule has 1 amide bonds. The van der Waals surface area contributed by atoms with Gasteiger partial charge in [0.05, 0.1) is 12.2 Å². The Bertz CT molecular complexity index is 347. The van der Waals surface area contributed by atoms with Crippen molar-refractivity contribution in [3.8, 4) is 0 Å². The molecule has 0 aromatic carbocycles. The van der Waals surface area contributed by atoms with Gasteiger partial charge in [0.15, 0.2) is 0 Å². The van der Waals surface area contributed by atoms with Crippen LogP contribution < -0.4 is 5.32 Å². The molecule has 2 fully saturated rings. The van der Waals surface area contributed by atoms with E-state index in [1.165, 1.54) is 32.1 Å². The number of hydrogen-bond acceptors (Lipinski definition) is 2. The zero-order valence-electron chi connectivity index (χ0n) is 14.5. The lowest BCUT2D eigenvalue weighted by molar-refractivity contribution is -0.132. The second-order valence-corrected chi connectivity index (χ2v) is 7.58. The van der Waals surface area contributed by atoms with E-state index in [0.717, 1.165) is 25.8 Å². The van der Waals surface area contributed by atoms with Crippen molar-refractivity contribution >= 4 is 5.91 Å². The minimum absolute atomic E-state index is 0.0626. The van der Waals surface area contributed by atoms with Crippen LogP contribution in [-0.4, -0.2) is 29.6 Å². The van der Waals surface area contributed by atoms with E-state index in [-0.39, 0.29) is 12.2 Å². The van der Waals surface area contributed by atoms with Gasteiger partial charge in [0.25, 0.3) is 0 Å². The van der Waals surface area contributed by atoms with Crippen LogP contribution in [0.2, 0.25) is 0 Å². The fourth-order valence-electron chi connectivity index (χ4n) is 4.16. The molecule has 1 heterocycles. The van der Waals surface area contributed by atoms with Gasteiger partial charge in [0, 0.05) is 6.54 Å². The fourth-order valence-corrected chi connectivity index (χ4v) is 4.16. The minimum Gasteiger partial charge on any atom is -0.325 e.